The fourth-order valence-electron chi connectivity index (χ4n) is 1.26. The molecule has 0 aliphatic rings. The first-order valence-electron chi connectivity index (χ1n) is 5.89. The number of amides is 1. The van der Waals surface area contributed by atoms with Crippen molar-refractivity contribution in [2.45, 2.75) is 32.8 Å². The summed E-state index contributed by atoms with van der Waals surface area (Å²) in [4.78, 5) is 27.1. The topological polar surface area (TPSA) is 68.3 Å². The second kappa shape index (κ2) is 6.65. The third kappa shape index (κ3) is 6.33. The zero-order valence-corrected chi connectivity index (χ0v) is 12.8. The van der Waals surface area contributed by atoms with Gasteiger partial charge in [-0.3, -0.25) is 9.78 Å². The number of nitrogens with zero attached hydrogens (tertiary/aromatic N) is 1. The predicted octanol–water partition coefficient (Wildman–Crippen LogP) is 2.94. The lowest BCUT2D eigenvalue weighted by atomic mass is 10.2. The van der Waals surface area contributed by atoms with E-state index in [0.717, 1.165) is 4.47 Å². The lowest BCUT2D eigenvalue weighted by molar-refractivity contribution is 0.0527. The number of nitrogens with one attached hydrogen (secondary N) is 1. The second-order valence-electron chi connectivity index (χ2n) is 4.96. The number of hydrogen-bond donors (Lipinski definition) is 1. The Balaban J connectivity index is 2.35. The summed E-state index contributed by atoms with van der Waals surface area (Å²) >= 11 is 3.25. The molecule has 0 saturated carbocycles. The Labute approximate surface area is 120 Å². The Hall–Kier alpha value is -1.43. The molecule has 1 rings (SSSR count). The van der Waals surface area contributed by atoms with E-state index in [4.69, 9.17) is 4.74 Å². The Kier molecular flexibility index (Phi) is 5.47. The average Bonchev–Trinajstić information content (AvgIpc) is 2.27. The van der Waals surface area contributed by atoms with E-state index in [1.807, 2.05) is 0 Å². The van der Waals surface area contributed by atoms with Crippen molar-refractivity contribution in [3.63, 3.8) is 0 Å². The monoisotopic (exact) mass is 328 g/mol. The van der Waals surface area contributed by atoms with Crippen LogP contribution in [0.15, 0.2) is 22.8 Å². The first-order chi connectivity index (χ1) is 8.78. The van der Waals surface area contributed by atoms with Crippen LogP contribution in [-0.4, -0.2) is 29.0 Å². The summed E-state index contributed by atoms with van der Waals surface area (Å²) in [6.45, 7) is 5.57. The Bertz CT molecular complexity index is 452. The molecule has 104 valence electrons. The molecule has 0 unspecified atom stereocenters. The van der Waals surface area contributed by atoms with Crippen LogP contribution in [0.3, 0.4) is 0 Å². The van der Waals surface area contributed by atoms with E-state index in [-0.39, 0.29) is 18.7 Å². The van der Waals surface area contributed by atoms with Crippen LogP contribution in [0.4, 0.5) is 4.79 Å². The highest BCUT2D eigenvalue weighted by atomic mass is 79.9. The fourth-order valence-corrected chi connectivity index (χ4v) is 1.50. The van der Waals surface area contributed by atoms with Crippen molar-refractivity contribution >= 4 is 27.8 Å². The van der Waals surface area contributed by atoms with Gasteiger partial charge in [-0.2, -0.15) is 0 Å². The molecule has 6 heteroatoms. The minimum absolute atomic E-state index is 0.122. The van der Waals surface area contributed by atoms with Gasteiger partial charge >= 0.3 is 6.09 Å². The molecule has 0 spiro atoms. The number of carbonyl (C=O) groups is 2. The highest BCUT2D eigenvalue weighted by Gasteiger charge is 2.16. The van der Waals surface area contributed by atoms with Crippen molar-refractivity contribution in [1.82, 2.24) is 10.3 Å². The number of ketones is 1. The molecule has 0 aromatic carbocycles. The summed E-state index contributed by atoms with van der Waals surface area (Å²) in [5.41, 5.74) is -0.157. The number of rotatable bonds is 4. The third-order valence-corrected chi connectivity index (χ3v) is 2.50. The van der Waals surface area contributed by atoms with E-state index < -0.39 is 11.7 Å². The van der Waals surface area contributed by atoms with Gasteiger partial charge in [-0.25, -0.2) is 4.79 Å². The van der Waals surface area contributed by atoms with Crippen LogP contribution in [0.25, 0.3) is 0 Å². The molecular weight excluding hydrogens is 312 g/mol. The van der Waals surface area contributed by atoms with Gasteiger partial charge in [0.2, 0.25) is 0 Å². The number of alkyl carbamates (subject to hydrolysis) is 1. The molecule has 19 heavy (non-hydrogen) atoms. The van der Waals surface area contributed by atoms with E-state index in [0.29, 0.717) is 5.69 Å². The van der Waals surface area contributed by atoms with E-state index in [2.05, 4.69) is 26.2 Å². The van der Waals surface area contributed by atoms with Crippen LogP contribution >= 0.6 is 15.9 Å². The molecule has 0 bridgehead atoms. The summed E-state index contributed by atoms with van der Waals surface area (Å²) in [5, 5.41) is 2.53. The number of halogens is 1. The summed E-state index contributed by atoms with van der Waals surface area (Å²) in [5.74, 6) is -0.122. The molecule has 5 nitrogen and oxygen atoms in total. The normalized spacial score (nSPS) is 10.9. The molecule has 1 aromatic heterocycles. The Morgan fingerprint density at radius 3 is 2.58 bits per heavy atom. The molecule has 0 atom stereocenters. The molecule has 0 aliphatic heterocycles. The number of pyridine rings is 1. The number of Topliss-reactive ketones (excluding diaryl/α,β-unsaturated/α-hetero) is 1. The van der Waals surface area contributed by atoms with Crippen molar-refractivity contribution in [3.8, 4) is 0 Å². The molecule has 0 saturated heterocycles. The van der Waals surface area contributed by atoms with Crippen molar-refractivity contribution < 1.29 is 14.3 Å². The van der Waals surface area contributed by atoms with Crippen molar-refractivity contribution in [3.05, 3.63) is 28.5 Å². The Morgan fingerprint density at radius 1 is 1.37 bits per heavy atom. The highest BCUT2D eigenvalue weighted by Crippen LogP contribution is 2.09. The van der Waals surface area contributed by atoms with Gasteiger partial charge in [-0.1, -0.05) is 0 Å². The third-order valence-electron chi connectivity index (χ3n) is 2.03. The minimum Gasteiger partial charge on any atom is -0.444 e. The van der Waals surface area contributed by atoms with Crippen LogP contribution in [0, 0.1) is 0 Å². The lowest BCUT2D eigenvalue weighted by Gasteiger charge is -2.19. The number of carbonyl (C=O) groups excluding carboxylic acids is 2. The van der Waals surface area contributed by atoms with Crippen LogP contribution in [0.2, 0.25) is 0 Å². The lowest BCUT2D eigenvalue weighted by Crippen LogP contribution is -2.33. The SMILES string of the molecule is CC(C)(C)OC(=O)NCCC(=O)c1ccc(Br)cn1. The fraction of sp³-hybridized carbons (Fsp3) is 0.462. The van der Waals surface area contributed by atoms with Gasteiger partial charge in [-0.05, 0) is 48.8 Å². The zero-order chi connectivity index (χ0) is 14.5. The molecule has 0 aliphatic carbocycles. The number of aromatic nitrogens is 1. The van der Waals surface area contributed by atoms with Gasteiger partial charge in [0.1, 0.15) is 11.3 Å². The maximum absolute atomic E-state index is 11.8. The van der Waals surface area contributed by atoms with E-state index in [9.17, 15) is 9.59 Å². The molecule has 0 fully saturated rings. The molecule has 1 amide bonds. The molecule has 1 N–H and O–H groups in total. The summed E-state index contributed by atoms with van der Waals surface area (Å²) < 4.78 is 5.87. The summed E-state index contributed by atoms with van der Waals surface area (Å²) in [6.07, 6.45) is 1.23. The van der Waals surface area contributed by atoms with Crippen molar-refractivity contribution in [2.24, 2.45) is 0 Å². The average molecular weight is 329 g/mol. The standard InChI is InChI=1S/C13H17BrN2O3/c1-13(2,3)19-12(18)15-7-6-11(17)10-5-4-9(14)8-16-10/h4-5,8H,6-7H2,1-3H3,(H,15,18). The minimum atomic E-state index is -0.540. The van der Waals surface area contributed by atoms with Crippen LogP contribution in [0.1, 0.15) is 37.7 Å². The zero-order valence-electron chi connectivity index (χ0n) is 11.2. The van der Waals surface area contributed by atoms with E-state index in [1.165, 1.54) is 0 Å². The maximum atomic E-state index is 11.8. The van der Waals surface area contributed by atoms with Gasteiger partial charge in [0.25, 0.3) is 0 Å². The van der Waals surface area contributed by atoms with Crippen LogP contribution < -0.4 is 5.32 Å². The molecule has 1 heterocycles. The van der Waals surface area contributed by atoms with Crippen LogP contribution in [-0.2, 0) is 4.74 Å². The summed E-state index contributed by atoms with van der Waals surface area (Å²) in [6, 6.07) is 3.39. The van der Waals surface area contributed by atoms with Gasteiger partial charge in [0, 0.05) is 23.6 Å². The largest absolute Gasteiger partial charge is 0.444 e. The predicted molar refractivity (Wildman–Crippen MR) is 75.1 cm³/mol. The Morgan fingerprint density at radius 2 is 2.05 bits per heavy atom. The maximum Gasteiger partial charge on any atom is 0.407 e. The molecule has 0 radical (unpaired) electrons. The van der Waals surface area contributed by atoms with E-state index in [1.54, 1.807) is 39.1 Å². The first kappa shape index (κ1) is 15.6. The van der Waals surface area contributed by atoms with Gasteiger partial charge in [-0.15, -0.1) is 0 Å². The number of hydrogen-bond acceptors (Lipinski definition) is 4. The quantitative estimate of drug-likeness (QED) is 0.863. The first-order valence-corrected chi connectivity index (χ1v) is 6.69. The van der Waals surface area contributed by atoms with Gasteiger partial charge < -0.3 is 10.1 Å². The molecule has 1 aromatic rings. The smallest absolute Gasteiger partial charge is 0.407 e. The van der Waals surface area contributed by atoms with Gasteiger partial charge in [0.05, 0.1) is 0 Å². The van der Waals surface area contributed by atoms with Crippen molar-refractivity contribution in [2.75, 3.05) is 6.54 Å². The number of ether oxygens (including phenoxy) is 1. The van der Waals surface area contributed by atoms with E-state index >= 15 is 0 Å². The summed E-state index contributed by atoms with van der Waals surface area (Å²) in [7, 11) is 0. The van der Waals surface area contributed by atoms with Gasteiger partial charge in [0.15, 0.2) is 5.78 Å². The highest BCUT2D eigenvalue weighted by molar-refractivity contribution is 9.10. The second-order valence-corrected chi connectivity index (χ2v) is 5.88. The van der Waals surface area contributed by atoms with Crippen LogP contribution in [0.5, 0.6) is 0 Å². The van der Waals surface area contributed by atoms with Crippen molar-refractivity contribution in [1.29, 1.82) is 0 Å². The molecular formula is C13H17BrN2O3.